The van der Waals surface area contributed by atoms with Gasteiger partial charge in [0, 0.05) is 14.1 Å². The lowest BCUT2D eigenvalue weighted by molar-refractivity contribution is 0.213. The highest BCUT2D eigenvalue weighted by Gasteiger charge is 2.05. The van der Waals surface area contributed by atoms with Gasteiger partial charge in [0.15, 0.2) is 0 Å². The number of rotatable bonds is 2. The first kappa shape index (κ1) is 9.23. The number of carbonyl (C=O) groups is 1. The van der Waals surface area contributed by atoms with Crippen LogP contribution in [-0.4, -0.2) is 31.2 Å². The third kappa shape index (κ3) is 3.29. The van der Waals surface area contributed by atoms with E-state index in [4.69, 9.17) is 5.73 Å². The van der Waals surface area contributed by atoms with Crippen molar-refractivity contribution in [1.29, 1.82) is 0 Å². The van der Waals surface area contributed by atoms with Gasteiger partial charge in [0.2, 0.25) is 0 Å². The average Bonchev–Trinajstić information content (AvgIpc) is 1.87. The largest absolute Gasteiger partial charge is 0.331 e. The maximum Gasteiger partial charge on any atom is 0.318 e. The quantitative estimate of drug-likeness (QED) is 0.535. The number of nitrogens with zero attached hydrogens (tertiary/aromatic N) is 1. The van der Waals surface area contributed by atoms with Crippen molar-refractivity contribution < 1.29 is 4.79 Å². The SMILES string of the molecule is CCC(N)NC(=O)N(C)C. The van der Waals surface area contributed by atoms with Crippen LogP contribution >= 0.6 is 0 Å². The predicted molar refractivity (Wildman–Crippen MR) is 40.5 cm³/mol. The van der Waals surface area contributed by atoms with Crippen molar-refractivity contribution in [3.63, 3.8) is 0 Å². The topological polar surface area (TPSA) is 58.4 Å². The normalized spacial score (nSPS) is 12.4. The van der Waals surface area contributed by atoms with E-state index in [0.29, 0.717) is 0 Å². The van der Waals surface area contributed by atoms with E-state index in [1.807, 2.05) is 6.92 Å². The summed E-state index contributed by atoms with van der Waals surface area (Å²) in [5.74, 6) is 0. The zero-order chi connectivity index (χ0) is 8.15. The van der Waals surface area contributed by atoms with Crippen molar-refractivity contribution in [3.05, 3.63) is 0 Å². The van der Waals surface area contributed by atoms with Crippen molar-refractivity contribution in [2.75, 3.05) is 14.1 Å². The van der Waals surface area contributed by atoms with E-state index in [2.05, 4.69) is 5.32 Å². The Kier molecular flexibility index (Phi) is 3.79. The summed E-state index contributed by atoms with van der Waals surface area (Å²) in [7, 11) is 3.36. The number of urea groups is 1. The molecule has 0 aromatic rings. The van der Waals surface area contributed by atoms with Gasteiger partial charge in [0.25, 0.3) is 0 Å². The van der Waals surface area contributed by atoms with E-state index in [9.17, 15) is 4.79 Å². The summed E-state index contributed by atoms with van der Waals surface area (Å²) >= 11 is 0. The van der Waals surface area contributed by atoms with Crippen molar-refractivity contribution in [2.24, 2.45) is 5.73 Å². The maximum atomic E-state index is 10.8. The standard InChI is InChI=1S/C6H15N3O/c1-4-5(7)8-6(10)9(2)3/h5H,4,7H2,1-3H3,(H,8,10). The molecule has 60 valence electrons. The summed E-state index contributed by atoms with van der Waals surface area (Å²) < 4.78 is 0. The highest BCUT2D eigenvalue weighted by atomic mass is 16.2. The first-order valence-corrected chi connectivity index (χ1v) is 3.31. The molecule has 0 aromatic carbocycles. The van der Waals surface area contributed by atoms with Crippen LogP contribution in [0.3, 0.4) is 0 Å². The molecule has 0 heterocycles. The molecular formula is C6H15N3O. The number of hydrogen-bond donors (Lipinski definition) is 2. The Morgan fingerprint density at radius 2 is 2.20 bits per heavy atom. The third-order valence-corrected chi connectivity index (χ3v) is 1.15. The number of hydrogen-bond acceptors (Lipinski definition) is 2. The lowest BCUT2D eigenvalue weighted by atomic mass is 10.4. The van der Waals surface area contributed by atoms with E-state index in [1.165, 1.54) is 4.90 Å². The minimum absolute atomic E-state index is 0.144. The van der Waals surface area contributed by atoms with Crippen LogP contribution < -0.4 is 11.1 Å². The van der Waals surface area contributed by atoms with Crippen LogP contribution in [0, 0.1) is 0 Å². The number of nitrogens with two attached hydrogens (primary N) is 1. The number of amides is 2. The molecule has 3 N–H and O–H groups in total. The summed E-state index contributed by atoms with van der Waals surface area (Å²) in [6.07, 6.45) is 0.523. The first-order valence-electron chi connectivity index (χ1n) is 3.31. The Bertz CT molecular complexity index is 114. The van der Waals surface area contributed by atoms with Crippen molar-refractivity contribution in [1.82, 2.24) is 10.2 Å². The fourth-order valence-corrected chi connectivity index (χ4v) is 0.390. The lowest BCUT2D eigenvalue weighted by Crippen LogP contribution is -2.45. The summed E-state index contributed by atoms with van der Waals surface area (Å²) in [6.45, 7) is 1.92. The Labute approximate surface area is 61.4 Å². The third-order valence-electron chi connectivity index (χ3n) is 1.15. The second kappa shape index (κ2) is 4.11. The van der Waals surface area contributed by atoms with Crippen LogP contribution in [0.4, 0.5) is 4.79 Å². The van der Waals surface area contributed by atoms with E-state index >= 15 is 0 Å². The smallest absolute Gasteiger partial charge is 0.318 e. The van der Waals surface area contributed by atoms with Gasteiger partial charge in [-0.3, -0.25) is 0 Å². The van der Waals surface area contributed by atoms with Gasteiger partial charge < -0.3 is 16.0 Å². The number of nitrogens with one attached hydrogen (secondary N) is 1. The van der Waals surface area contributed by atoms with Gasteiger partial charge in [-0.15, -0.1) is 0 Å². The molecule has 0 saturated carbocycles. The van der Waals surface area contributed by atoms with Gasteiger partial charge in [0.05, 0.1) is 6.17 Å². The van der Waals surface area contributed by atoms with Crippen LogP contribution in [0.2, 0.25) is 0 Å². The van der Waals surface area contributed by atoms with Crippen LogP contribution in [-0.2, 0) is 0 Å². The first-order chi connectivity index (χ1) is 4.57. The molecule has 0 saturated heterocycles. The highest BCUT2D eigenvalue weighted by molar-refractivity contribution is 5.73. The molecule has 1 atom stereocenters. The second-order valence-corrected chi connectivity index (χ2v) is 2.36. The molecule has 4 heteroatoms. The van der Waals surface area contributed by atoms with Crippen molar-refractivity contribution in [2.45, 2.75) is 19.5 Å². The van der Waals surface area contributed by atoms with Crippen molar-refractivity contribution in [3.8, 4) is 0 Å². The molecule has 0 aliphatic rings. The zero-order valence-electron chi connectivity index (χ0n) is 6.72. The van der Waals surface area contributed by atoms with Gasteiger partial charge in [0.1, 0.15) is 0 Å². The van der Waals surface area contributed by atoms with Crippen LogP contribution in [0.1, 0.15) is 13.3 Å². The van der Waals surface area contributed by atoms with Crippen LogP contribution in [0.15, 0.2) is 0 Å². The van der Waals surface area contributed by atoms with E-state index < -0.39 is 0 Å². The molecule has 10 heavy (non-hydrogen) atoms. The minimum atomic E-state index is -0.227. The molecule has 0 radical (unpaired) electrons. The van der Waals surface area contributed by atoms with Gasteiger partial charge in [-0.05, 0) is 6.42 Å². The number of carbonyl (C=O) groups excluding carboxylic acids is 1. The van der Waals surface area contributed by atoms with Crippen molar-refractivity contribution >= 4 is 6.03 Å². The molecule has 0 fully saturated rings. The van der Waals surface area contributed by atoms with E-state index in [1.54, 1.807) is 14.1 Å². The minimum Gasteiger partial charge on any atom is -0.331 e. The molecule has 2 amide bonds. The Hall–Kier alpha value is -0.770. The molecule has 1 unspecified atom stereocenters. The van der Waals surface area contributed by atoms with Gasteiger partial charge >= 0.3 is 6.03 Å². The molecule has 0 rings (SSSR count). The summed E-state index contributed by atoms with van der Waals surface area (Å²) in [5, 5.41) is 2.59. The maximum absolute atomic E-state index is 10.8. The molecule has 0 bridgehead atoms. The summed E-state index contributed by atoms with van der Waals surface area (Å²) in [4.78, 5) is 12.3. The average molecular weight is 145 g/mol. The van der Waals surface area contributed by atoms with Gasteiger partial charge in [-0.25, -0.2) is 4.79 Å². The molecule has 4 nitrogen and oxygen atoms in total. The molecule has 0 spiro atoms. The van der Waals surface area contributed by atoms with Gasteiger partial charge in [-0.2, -0.15) is 0 Å². The molecule has 0 aliphatic heterocycles. The summed E-state index contributed by atoms with van der Waals surface area (Å²) in [5.41, 5.74) is 5.45. The molecule has 0 aliphatic carbocycles. The Balaban J connectivity index is 3.57. The van der Waals surface area contributed by atoms with E-state index in [-0.39, 0.29) is 12.2 Å². The molecule has 0 aromatic heterocycles. The van der Waals surface area contributed by atoms with Crippen LogP contribution in [0.5, 0.6) is 0 Å². The monoisotopic (exact) mass is 145 g/mol. The highest BCUT2D eigenvalue weighted by Crippen LogP contribution is 1.82. The fourth-order valence-electron chi connectivity index (χ4n) is 0.390. The predicted octanol–water partition coefficient (Wildman–Crippen LogP) is -0.0476. The Morgan fingerprint density at radius 3 is 2.50 bits per heavy atom. The van der Waals surface area contributed by atoms with E-state index in [0.717, 1.165) is 6.42 Å². The van der Waals surface area contributed by atoms with Crippen LogP contribution in [0.25, 0.3) is 0 Å². The second-order valence-electron chi connectivity index (χ2n) is 2.36. The summed E-state index contributed by atoms with van der Waals surface area (Å²) in [6, 6.07) is -0.144. The Morgan fingerprint density at radius 1 is 1.70 bits per heavy atom. The van der Waals surface area contributed by atoms with Gasteiger partial charge in [-0.1, -0.05) is 6.92 Å². The lowest BCUT2D eigenvalue weighted by Gasteiger charge is -2.15. The zero-order valence-corrected chi connectivity index (χ0v) is 6.72. The molecular weight excluding hydrogens is 130 g/mol. The fraction of sp³-hybridized carbons (Fsp3) is 0.833.